The van der Waals surface area contributed by atoms with Gasteiger partial charge < -0.3 is 23.7 Å². The summed E-state index contributed by atoms with van der Waals surface area (Å²) in [5.41, 5.74) is 4.64. The van der Waals surface area contributed by atoms with Crippen LogP contribution in [0, 0.1) is 5.82 Å². The molecule has 3 aromatic rings. The van der Waals surface area contributed by atoms with Gasteiger partial charge in [-0.2, -0.15) is 0 Å². The number of benzene rings is 3. The predicted molar refractivity (Wildman–Crippen MR) is 121 cm³/mol. The number of likely N-dealkylation sites (N-methyl/N-ethyl adjacent to an activating group) is 1. The molecule has 0 aromatic heterocycles. The molecule has 1 aliphatic carbocycles. The Morgan fingerprint density at radius 1 is 0.943 bits per heavy atom. The second-order valence-corrected chi connectivity index (χ2v) is 9.31. The van der Waals surface area contributed by atoms with Crippen molar-refractivity contribution in [2.45, 2.75) is 31.0 Å². The molecule has 0 spiro atoms. The molecule has 7 rings (SSSR count). The van der Waals surface area contributed by atoms with Gasteiger partial charge in [0, 0.05) is 30.5 Å². The van der Waals surface area contributed by atoms with Crippen LogP contribution in [0.2, 0.25) is 0 Å². The van der Waals surface area contributed by atoms with Crippen molar-refractivity contribution in [3.63, 3.8) is 0 Å². The van der Waals surface area contributed by atoms with E-state index in [2.05, 4.69) is 24.1 Å². The molecule has 3 aliphatic heterocycles. The number of hydrogen-bond donors (Lipinski definition) is 0. The molecule has 178 valence electrons. The monoisotopic (exact) mass is 474 g/mol. The molecule has 0 bridgehead atoms. The summed E-state index contributed by atoms with van der Waals surface area (Å²) in [5.74, 6) is 1.90. The van der Waals surface area contributed by atoms with Crippen LogP contribution < -0.4 is 18.9 Å². The van der Waals surface area contributed by atoms with Crippen LogP contribution in [-0.2, 0) is 17.7 Å². The molecule has 3 heterocycles. The van der Waals surface area contributed by atoms with Crippen molar-refractivity contribution in [1.29, 1.82) is 0 Å². The second kappa shape index (κ2) is 7.61. The molecule has 8 heteroatoms. The topological polar surface area (TPSA) is 66.5 Å². The van der Waals surface area contributed by atoms with Gasteiger partial charge in [-0.05, 0) is 66.2 Å². The van der Waals surface area contributed by atoms with Crippen molar-refractivity contribution in [3.05, 3.63) is 82.2 Å². The van der Waals surface area contributed by atoms with Gasteiger partial charge in [-0.3, -0.25) is 4.90 Å². The smallest absolute Gasteiger partial charge is 0.338 e. The molecule has 0 fully saturated rings. The lowest BCUT2D eigenvalue weighted by atomic mass is 9.70. The summed E-state index contributed by atoms with van der Waals surface area (Å²) in [6, 6.07) is 13.4. The Balaban J connectivity index is 1.35. The number of carbonyl (C=O) groups is 1. The van der Waals surface area contributed by atoms with E-state index in [1.807, 2.05) is 12.1 Å². The zero-order valence-corrected chi connectivity index (χ0v) is 19.0. The highest BCUT2D eigenvalue weighted by atomic mass is 18.2. The van der Waals surface area contributed by atoms with Crippen LogP contribution >= 0.6 is 0 Å². The molecule has 4 aliphatic rings. The van der Waals surface area contributed by atoms with E-state index in [1.165, 1.54) is 24.3 Å². The average molecular weight is 474 g/mol. The molecular weight excluding hydrogens is 452 g/mol. The summed E-state index contributed by atoms with van der Waals surface area (Å²) >= 11 is 0. The summed E-state index contributed by atoms with van der Waals surface area (Å²) in [4.78, 5) is 15.4. The average Bonchev–Trinajstić information content (AvgIpc) is 3.52. The summed E-state index contributed by atoms with van der Waals surface area (Å²) in [6.45, 7) is 1.05. The quantitative estimate of drug-likeness (QED) is 0.512. The Labute approximate surface area is 200 Å². The number of carbonyl (C=O) groups excluding carboxylic acids is 1. The number of ether oxygens (including phenoxy) is 5. The van der Waals surface area contributed by atoms with Crippen LogP contribution in [0.15, 0.2) is 48.5 Å². The van der Waals surface area contributed by atoms with Gasteiger partial charge in [-0.1, -0.05) is 6.07 Å². The summed E-state index contributed by atoms with van der Waals surface area (Å²) in [5, 5.41) is 0. The normalized spacial score (nSPS) is 23.3. The van der Waals surface area contributed by atoms with E-state index >= 15 is 0 Å². The maximum absolute atomic E-state index is 13.4. The van der Waals surface area contributed by atoms with E-state index < -0.39 is 17.9 Å². The number of hydrogen-bond acceptors (Lipinski definition) is 7. The van der Waals surface area contributed by atoms with Gasteiger partial charge in [-0.15, -0.1) is 0 Å². The third-order valence-corrected chi connectivity index (χ3v) is 7.37. The minimum absolute atomic E-state index is 0.0489. The summed E-state index contributed by atoms with van der Waals surface area (Å²) < 4.78 is 42.3. The Morgan fingerprint density at radius 2 is 1.69 bits per heavy atom. The molecule has 7 nitrogen and oxygen atoms in total. The zero-order chi connectivity index (χ0) is 23.7. The minimum Gasteiger partial charge on any atom is -0.458 e. The Hall–Kier alpha value is -3.78. The number of fused-ring (bicyclic) bond motifs is 8. The van der Waals surface area contributed by atoms with Crippen molar-refractivity contribution in [2.24, 2.45) is 0 Å². The van der Waals surface area contributed by atoms with E-state index in [0.29, 0.717) is 24.3 Å². The van der Waals surface area contributed by atoms with E-state index in [1.54, 1.807) is 0 Å². The highest BCUT2D eigenvalue weighted by Crippen LogP contribution is 2.54. The standard InChI is InChI=1S/C27H22FNO6/c1-29-11-19-17(6-7-20-26(19)34-13-31-20)24-23(35-27(30)14-2-4-16(28)5-3-14)9-15-8-21-22(33-12-32-21)10-18(15)25(24)29/h2-8,10,23-25H,9,11-13H2,1H3/t23?,24-,25+/m0/s1/i28-1. The van der Waals surface area contributed by atoms with Gasteiger partial charge in [0.05, 0.1) is 5.56 Å². The Morgan fingerprint density at radius 3 is 2.51 bits per heavy atom. The molecule has 3 aromatic carbocycles. The van der Waals surface area contributed by atoms with Gasteiger partial charge in [0.25, 0.3) is 0 Å². The summed E-state index contributed by atoms with van der Waals surface area (Å²) in [7, 11) is 2.06. The van der Waals surface area contributed by atoms with Gasteiger partial charge >= 0.3 is 5.97 Å². The fourth-order valence-corrected chi connectivity index (χ4v) is 5.85. The fraction of sp³-hybridized carbons (Fsp3) is 0.296. The molecule has 3 atom stereocenters. The molecular formula is C27H22FNO6. The largest absolute Gasteiger partial charge is 0.458 e. The van der Waals surface area contributed by atoms with Crippen LogP contribution in [0.1, 0.15) is 44.6 Å². The lowest BCUT2D eigenvalue weighted by Gasteiger charge is -2.47. The second-order valence-electron chi connectivity index (χ2n) is 9.31. The first-order valence-corrected chi connectivity index (χ1v) is 11.6. The highest BCUT2D eigenvalue weighted by Gasteiger charge is 2.47. The first kappa shape index (κ1) is 20.6. The number of nitrogens with zero attached hydrogens (tertiary/aromatic N) is 1. The van der Waals surface area contributed by atoms with E-state index in [9.17, 15) is 9.18 Å². The van der Waals surface area contributed by atoms with Crippen molar-refractivity contribution >= 4 is 5.97 Å². The molecule has 0 N–H and O–H groups in total. The van der Waals surface area contributed by atoms with Crippen molar-refractivity contribution < 1.29 is 32.9 Å². The predicted octanol–water partition coefficient (Wildman–Crippen LogP) is 4.34. The Bertz CT molecular complexity index is 1360. The summed E-state index contributed by atoms with van der Waals surface area (Å²) in [6.07, 6.45) is 0.0641. The lowest BCUT2D eigenvalue weighted by molar-refractivity contribution is 0.00375. The van der Waals surface area contributed by atoms with E-state index in [0.717, 1.165) is 39.5 Å². The van der Waals surface area contributed by atoms with Gasteiger partial charge in [0.15, 0.2) is 23.0 Å². The SMILES string of the molecule is CN1Cc2c(ccc3c2OCO3)[C@H]2C(OC(=O)c3ccc([18F])cc3)Cc3cc4c(cc3[C@H]21)OCO4. The van der Waals surface area contributed by atoms with E-state index in [-0.39, 0.29) is 25.5 Å². The Kier molecular flexibility index (Phi) is 4.48. The van der Waals surface area contributed by atoms with Crippen molar-refractivity contribution in [3.8, 4) is 23.0 Å². The maximum atomic E-state index is 13.4. The lowest BCUT2D eigenvalue weighted by Crippen LogP contribution is -2.45. The van der Waals surface area contributed by atoms with Gasteiger partial charge in [0.2, 0.25) is 13.6 Å². The third-order valence-electron chi connectivity index (χ3n) is 7.37. The first-order chi connectivity index (χ1) is 17.1. The molecule has 0 saturated carbocycles. The van der Waals surface area contributed by atoms with Crippen LogP contribution in [0.5, 0.6) is 23.0 Å². The van der Waals surface area contributed by atoms with Crippen LogP contribution in [-0.4, -0.2) is 37.6 Å². The molecule has 0 saturated heterocycles. The molecule has 0 radical (unpaired) electrons. The maximum Gasteiger partial charge on any atom is 0.338 e. The third kappa shape index (κ3) is 3.16. The van der Waals surface area contributed by atoms with Crippen molar-refractivity contribution in [1.82, 2.24) is 4.90 Å². The first-order valence-electron chi connectivity index (χ1n) is 11.6. The van der Waals surface area contributed by atoms with Gasteiger partial charge in [-0.25, -0.2) is 9.18 Å². The number of esters is 1. The van der Waals surface area contributed by atoms with Gasteiger partial charge in [0.1, 0.15) is 11.9 Å². The minimum atomic E-state index is -0.478. The van der Waals surface area contributed by atoms with Crippen LogP contribution in [0.3, 0.4) is 0 Å². The van der Waals surface area contributed by atoms with Crippen molar-refractivity contribution in [2.75, 3.05) is 20.6 Å². The molecule has 0 amide bonds. The van der Waals surface area contributed by atoms with Crippen LogP contribution in [0.4, 0.5) is 4.39 Å². The number of rotatable bonds is 2. The molecule has 35 heavy (non-hydrogen) atoms. The number of halogens is 1. The highest BCUT2D eigenvalue weighted by molar-refractivity contribution is 5.89. The molecule has 1 unspecified atom stereocenters. The van der Waals surface area contributed by atoms with Crippen LogP contribution in [0.25, 0.3) is 0 Å². The van der Waals surface area contributed by atoms with E-state index in [4.69, 9.17) is 23.7 Å². The fourth-order valence-electron chi connectivity index (χ4n) is 5.85. The zero-order valence-electron chi connectivity index (χ0n) is 19.0.